The minimum Gasteiger partial charge on any atom is -0.356 e. The van der Waals surface area contributed by atoms with Crippen LogP contribution in [-0.2, 0) is 9.84 Å². The van der Waals surface area contributed by atoms with Gasteiger partial charge in [-0.2, -0.15) is 0 Å². The number of nitrogens with zero attached hydrogens (tertiary/aromatic N) is 1. The molecule has 0 aliphatic carbocycles. The van der Waals surface area contributed by atoms with Crippen LogP contribution in [0, 0.1) is 0 Å². The predicted octanol–water partition coefficient (Wildman–Crippen LogP) is 1.16. The van der Waals surface area contributed by atoms with Gasteiger partial charge >= 0.3 is 0 Å². The molecule has 0 spiro atoms. The lowest BCUT2D eigenvalue weighted by Gasteiger charge is -2.24. The van der Waals surface area contributed by atoms with E-state index in [2.05, 4.69) is 22.5 Å². The smallest absolute Gasteiger partial charge is 0.191 e. The quantitative estimate of drug-likeness (QED) is 0.416. The van der Waals surface area contributed by atoms with E-state index in [1.54, 1.807) is 20.9 Å². The number of hydrogen-bond acceptors (Lipinski definition) is 3. The highest BCUT2D eigenvalue weighted by Crippen LogP contribution is 2.13. The number of sulfone groups is 1. The molecule has 18 heavy (non-hydrogen) atoms. The molecular formula is C12H27N3O2S. The average molecular weight is 277 g/mol. The fraction of sp³-hybridized carbons (Fsp3) is 0.917. The Morgan fingerprint density at radius 3 is 2.28 bits per heavy atom. The molecule has 0 amide bonds. The number of rotatable bonds is 7. The summed E-state index contributed by atoms with van der Waals surface area (Å²) in [6.45, 7) is 6.77. The lowest BCUT2D eigenvalue weighted by molar-refractivity contribution is 0.544. The largest absolute Gasteiger partial charge is 0.356 e. The second-order valence-corrected chi connectivity index (χ2v) is 7.74. The van der Waals surface area contributed by atoms with Gasteiger partial charge in [0.2, 0.25) is 0 Å². The Balaban J connectivity index is 4.17. The van der Waals surface area contributed by atoms with Crippen molar-refractivity contribution in [2.24, 2.45) is 4.99 Å². The highest BCUT2D eigenvalue weighted by Gasteiger charge is 2.30. The number of nitrogens with one attached hydrogen (secondary N) is 2. The minimum atomic E-state index is -3.08. The summed E-state index contributed by atoms with van der Waals surface area (Å²) in [6, 6.07) is 0. The lowest BCUT2D eigenvalue weighted by atomic mass is 10.2. The van der Waals surface area contributed by atoms with Crippen LogP contribution in [0.4, 0.5) is 0 Å². The van der Waals surface area contributed by atoms with Gasteiger partial charge in [0.05, 0.1) is 4.75 Å². The van der Waals surface area contributed by atoms with E-state index in [9.17, 15) is 8.42 Å². The second kappa shape index (κ2) is 7.61. The van der Waals surface area contributed by atoms with Crippen LogP contribution in [0.1, 0.15) is 40.0 Å². The Labute approximate surface area is 111 Å². The summed E-state index contributed by atoms with van der Waals surface area (Å²) >= 11 is 0. The van der Waals surface area contributed by atoms with Crippen LogP contribution in [-0.4, -0.2) is 45.5 Å². The van der Waals surface area contributed by atoms with E-state index in [0.717, 1.165) is 13.0 Å². The van der Waals surface area contributed by atoms with Gasteiger partial charge in [-0.05, 0) is 20.3 Å². The van der Waals surface area contributed by atoms with Gasteiger partial charge in [-0.1, -0.05) is 19.8 Å². The normalized spacial score (nSPS) is 13.5. The van der Waals surface area contributed by atoms with Crippen molar-refractivity contribution in [1.29, 1.82) is 0 Å². The molecular weight excluding hydrogens is 250 g/mol. The highest BCUT2D eigenvalue weighted by molar-refractivity contribution is 7.92. The van der Waals surface area contributed by atoms with E-state index >= 15 is 0 Å². The molecule has 0 fully saturated rings. The van der Waals surface area contributed by atoms with Crippen LogP contribution >= 0.6 is 0 Å². The molecule has 0 aromatic heterocycles. The number of guanidine groups is 1. The first-order valence-corrected chi connectivity index (χ1v) is 8.28. The molecule has 0 unspecified atom stereocenters. The van der Waals surface area contributed by atoms with Crippen molar-refractivity contribution in [3.63, 3.8) is 0 Å². The molecule has 0 rings (SSSR count). The SMILES string of the molecule is CCCCCNC(=NC)NCC(C)(C)S(C)(=O)=O. The van der Waals surface area contributed by atoms with Crippen molar-refractivity contribution >= 4 is 15.8 Å². The molecule has 0 saturated heterocycles. The van der Waals surface area contributed by atoms with Crippen molar-refractivity contribution in [2.75, 3.05) is 26.4 Å². The topological polar surface area (TPSA) is 70.6 Å². The zero-order valence-electron chi connectivity index (χ0n) is 12.2. The summed E-state index contributed by atoms with van der Waals surface area (Å²) < 4.78 is 22.3. The number of hydrogen-bond donors (Lipinski definition) is 2. The van der Waals surface area contributed by atoms with Crippen LogP contribution in [0.3, 0.4) is 0 Å². The monoisotopic (exact) mass is 277 g/mol. The van der Waals surface area contributed by atoms with E-state index in [4.69, 9.17) is 0 Å². The van der Waals surface area contributed by atoms with Crippen LogP contribution in [0.5, 0.6) is 0 Å². The Bertz CT molecular complexity index is 362. The molecule has 0 heterocycles. The van der Waals surface area contributed by atoms with Crippen LogP contribution in [0.15, 0.2) is 4.99 Å². The first-order valence-electron chi connectivity index (χ1n) is 6.38. The molecule has 2 N–H and O–H groups in total. The molecule has 0 radical (unpaired) electrons. The molecule has 0 aromatic carbocycles. The first-order chi connectivity index (χ1) is 8.24. The van der Waals surface area contributed by atoms with Gasteiger partial charge in [-0.15, -0.1) is 0 Å². The maximum atomic E-state index is 11.6. The third-order valence-corrected chi connectivity index (χ3v) is 5.13. The van der Waals surface area contributed by atoms with Crippen molar-refractivity contribution < 1.29 is 8.42 Å². The molecule has 6 heteroatoms. The maximum absolute atomic E-state index is 11.6. The second-order valence-electron chi connectivity index (χ2n) is 5.09. The summed E-state index contributed by atoms with van der Waals surface area (Å²) in [4.78, 5) is 4.07. The summed E-state index contributed by atoms with van der Waals surface area (Å²) in [7, 11) is -1.40. The van der Waals surface area contributed by atoms with Crippen molar-refractivity contribution in [3.8, 4) is 0 Å². The Morgan fingerprint density at radius 2 is 1.83 bits per heavy atom. The third-order valence-electron chi connectivity index (χ3n) is 2.98. The highest BCUT2D eigenvalue weighted by atomic mass is 32.2. The molecule has 0 bridgehead atoms. The lowest BCUT2D eigenvalue weighted by Crippen LogP contribution is -2.47. The van der Waals surface area contributed by atoms with E-state index in [1.165, 1.54) is 19.1 Å². The van der Waals surface area contributed by atoms with Crippen molar-refractivity contribution in [1.82, 2.24) is 10.6 Å². The Kier molecular flexibility index (Phi) is 7.28. The van der Waals surface area contributed by atoms with Crippen molar-refractivity contribution in [3.05, 3.63) is 0 Å². The van der Waals surface area contributed by atoms with Gasteiger partial charge in [0.15, 0.2) is 15.8 Å². The van der Waals surface area contributed by atoms with Gasteiger partial charge < -0.3 is 10.6 Å². The third kappa shape index (κ3) is 6.23. The molecule has 0 aliphatic rings. The summed E-state index contributed by atoms with van der Waals surface area (Å²) in [5, 5.41) is 6.23. The zero-order valence-corrected chi connectivity index (χ0v) is 13.0. The molecule has 108 valence electrons. The van der Waals surface area contributed by atoms with Gasteiger partial charge in [-0.25, -0.2) is 8.42 Å². The van der Waals surface area contributed by atoms with Gasteiger partial charge in [0.25, 0.3) is 0 Å². The molecule has 5 nitrogen and oxygen atoms in total. The summed E-state index contributed by atoms with van der Waals surface area (Å²) in [6.07, 6.45) is 4.70. The maximum Gasteiger partial charge on any atom is 0.191 e. The van der Waals surface area contributed by atoms with Crippen LogP contribution < -0.4 is 10.6 Å². The van der Waals surface area contributed by atoms with E-state index in [0.29, 0.717) is 12.5 Å². The predicted molar refractivity (Wildman–Crippen MR) is 77.8 cm³/mol. The zero-order chi connectivity index (χ0) is 14.2. The molecule has 0 atom stereocenters. The molecule has 0 saturated carbocycles. The summed E-state index contributed by atoms with van der Waals surface area (Å²) in [5.41, 5.74) is 0. The number of aliphatic imine (C=N–C) groups is 1. The standard InChI is InChI=1S/C12H27N3O2S/c1-6-7-8-9-14-11(13-4)15-10-12(2,3)18(5,16)17/h6-10H2,1-5H3,(H2,13,14,15). The minimum absolute atomic E-state index is 0.347. The van der Waals surface area contributed by atoms with Crippen LogP contribution in [0.25, 0.3) is 0 Å². The fourth-order valence-corrected chi connectivity index (χ4v) is 1.56. The fourth-order valence-electron chi connectivity index (χ4n) is 1.23. The van der Waals surface area contributed by atoms with Gasteiger partial charge in [-0.3, -0.25) is 4.99 Å². The van der Waals surface area contributed by atoms with E-state index in [1.807, 2.05) is 0 Å². The number of unbranched alkanes of at least 4 members (excludes halogenated alkanes) is 2. The Hall–Kier alpha value is -0.780. The average Bonchev–Trinajstić information content (AvgIpc) is 2.26. The molecule has 0 aliphatic heterocycles. The van der Waals surface area contributed by atoms with E-state index in [-0.39, 0.29) is 0 Å². The van der Waals surface area contributed by atoms with Crippen molar-refractivity contribution in [2.45, 2.75) is 44.8 Å². The first kappa shape index (κ1) is 17.2. The van der Waals surface area contributed by atoms with E-state index < -0.39 is 14.6 Å². The molecule has 0 aromatic rings. The van der Waals surface area contributed by atoms with Gasteiger partial charge in [0, 0.05) is 26.4 Å². The van der Waals surface area contributed by atoms with Crippen LogP contribution in [0.2, 0.25) is 0 Å². The Morgan fingerprint density at radius 1 is 1.22 bits per heavy atom. The van der Waals surface area contributed by atoms with Gasteiger partial charge in [0.1, 0.15) is 0 Å². The summed E-state index contributed by atoms with van der Waals surface area (Å²) in [5.74, 6) is 0.655.